The molecule has 0 unspecified atom stereocenters. The number of carboxylic acid groups (broad SMARTS) is 1. The van der Waals surface area contributed by atoms with Crippen molar-refractivity contribution in [1.29, 1.82) is 0 Å². The van der Waals surface area contributed by atoms with Gasteiger partial charge in [0.25, 0.3) is 0 Å². The van der Waals surface area contributed by atoms with Crippen LogP contribution in [0.1, 0.15) is 17.1 Å². The number of nitrogens with one attached hydrogen (secondary N) is 1. The zero-order valence-corrected chi connectivity index (χ0v) is 13.6. The fourth-order valence-corrected chi connectivity index (χ4v) is 2.65. The summed E-state index contributed by atoms with van der Waals surface area (Å²) < 4.78 is 0. The Hall–Kier alpha value is -3.06. The number of hydrogen-bond donors (Lipinski definition) is 2. The van der Waals surface area contributed by atoms with Gasteiger partial charge in [0.2, 0.25) is 0 Å². The molecule has 3 aromatic rings. The monoisotopic (exact) mass is 337 g/mol. The van der Waals surface area contributed by atoms with Gasteiger partial charge in [0.15, 0.2) is 0 Å². The molecule has 0 saturated heterocycles. The van der Waals surface area contributed by atoms with Crippen LogP contribution in [0.3, 0.4) is 0 Å². The zero-order chi connectivity index (χ0) is 17.5. The third-order valence-corrected chi connectivity index (χ3v) is 3.88. The summed E-state index contributed by atoms with van der Waals surface area (Å²) in [6.07, 6.45) is 6.94. The number of carbonyl (C=O) groups is 1. The number of aliphatic carboxylic acids is 1. The third-order valence-electron chi connectivity index (χ3n) is 3.88. The molecule has 3 aromatic heterocycles. The molecule has 7 nitrogen and oxygen atoms in total. The molecule has 0 bridgehead atoms. The van der Waals surface area contributed by atoms with Gasteiger partial charge in [-0.15, -0.1) is 0 Å². The normalized spacial score (nSPS) is 12.2. The van der Waals surface area contributed by atoms with Gasteiger partial charge in [-0.2, -0.15) is 0 Å². The Morgan fingerprint density at radius 3 is 2.16 bits per heavy atom. The predicted octanol–water partition coefficient (Wildman–Crippen LogP) is 1.90. The maximum Gasteiger partial charge on any atom is 0.321 e. The standard InChI is InChI=1S/C18H19N5O2/c24-18(25)17(9-16-10-19-13-22-16)23(11-14-5-1-3-7-20-14)12-15-6-2-4-8-21-15/h1-8,10,13,17H,9,11-12H2,(H,19,22)(H,24,25)/t17-/m0/s1. The molecule has 0 saturated carbocycles. The Bertz CT molecular complexity index is 736. The van der Waals surface area contributed by atoms with E-state index in [1.807, 2.05) is 41.3 Å². The number of aromatic amines is 1. The van der Waals surface area contributed by atoms with E-state index in [0.717, 1.165) is 17.1 Å². The van der Waals surface area contributed by atoms with E-state index in [-0.39, 0.29) is 0 Å². The van der Waals surface area contributed by atoms with Crippen LogP contribution < -0.4 is 0 Å². The van der Waals surface area contributed by atoms with E-state index in [1.165, 1.54) is 0 Å². The van der Waals surface area contributed by atoms with Gasteiger partial charge in [0.1, 0.15) is 6.04 Å². The highest BCUT2D eigenvalue weighted by molar-refractivity contribution is 5.73. The molecule has 0 aromatic carbocycles. The maximum absolute atomic E-state index is 11.9. The van der Waals surface area contributed by atoms with E-state index < -0.39 is 12.0 Å². The van der Waals surface area contributed by atoms with Crippen LogP contribution in [0.2, 0.25) is 0 Å². The molecular weight excluding hydrogens is 318 g/mol. The topological polar surface area (TPSA) is 95.0 Å². The number of H-pyrrole nitrogens is 1. The number of rotatable bonds is 8. The van der Waals surface area contributed by atoms with Gasteiger partial charge in [0.05, 0.1) is 17.7 Å². The van der Waals surface area contributed by atoms with Crippen LogP contribution in [-0.4, -0.2) is 42.0 Å². The van der Waals surface area contributed by atoms with Gasteiger partial charge >= 0.3 is 5.97 Å². The first kappa shape index (κ1) is 16.8. The number of pyridine rings is 2. The van der Waals surface area contributed by atoms with Crippen molar-refractivity contribution in [1.82, 2.24) is 24.8 Å². The van der Waals surface area contributed by atoms with E-state index in [9.17, 15) is 9.90 Å². The third kappa shape index (κ3) is 4.71. The molecule has 0 aliphatic heterocycles. The van der Waals surface area contributed by atoms with Gasteiger partial charge in [-0.25, -0.2) is 4.98 Å². The molecular formula is C18H19N5O2. The first-order chi connectivity index (χ1) is 12.2. The molecule has 25 heavy (non-hydrogen) atoms. The first-order valence-corrected chi connectivity index (χ1v) is 7.96. The van der Waals surface area contributed by atoms with Crippen molar-refractivity contribution in [2.45, 2.75) is 25.6 Å². The molecule has 0 aliphatic rings. The highest BCUT2D eigenvalue weighted by Crippen LogP contribution is 2.15. The van der Waals surface area contributed by atoms with E-state index in [4.69, 9.17) is 0 Å². The van der Waals surface area contributed by atoms with E-state index in [1.54, 1.807) is 24.9 Å². The van der Waals surface area contributed by atoms with Crippen molar-refractivity contribution in [3.05, 3.63) is 78.4 Å². The van der Waals surface area contributed by atoms with Gasteiger partial charge < -0.3 is 10.1 Å². The molecule has 1 atom stereocenters. The summed E-state index contributed by atoms with van der Waals surface area (Å²) in [4.78, 5) is 29.4. The average molecular weight is 337 g/mol. The van der Waals surface area contributed by atoms with Gasteiger partial charge in [-0.05, 0) is 24.3 Å². The Labute approximate surface area is 145 Å². The summed E-state index contributed by atoms with van der Waals surface area (Å²) in [5, 5.41) is 9.78. The quantitative estimate of drug-likeness (QED) is 0.652. The minimum Gasteiger partial charge on any atom is -0.480 e. The van der Waals surface area contributed by atoms with E-state index in [0.29, 0.717) is 19.5 Å². The highest BCUT2D eigenvalue weighted by atomic mass is 16.4. The van der Waals surface area contributed by atoms with Crippen molar-refractivity contribution in [2.75, 3.05) is 0 Å². The summed E-state index contributed by atoms with van der Waals surface area (Å²) >= 11 is 0. The summed E-state index contributed by atoms with van der Waals surface area (Å²) in [7, 11) is 0. The molecule has 0 spiro atoms. The number of nitrogens with zero attached hydrogens (tertiary/aromatic N) is 4. The predicted molar refractivity (Wildman–Crippen MR) is 91.4 cm³/mol. The lowest BCUT2D eigenvalue weighted by molar-refractivity contribution is -0.143. The maximum atomic E-state index is 11.9. The Morgan fingerprint density at radius 2 is 1.72 bits per heavy atom. The molecule has 0 fully saturated rings. The van der Waals surface area contributed by atoms with E-state index >= 15 is 0 Å². The first-order valence-electron chi connectivity index (χ1n) is 7.96. The Morgan fingerprint density at radius 1 is 1.08 bits per heavy atom. The van der Waals surface area contributed by atoms with Crippen molar-refractivity contribution >= 4 is 5.97 Å². The number of imidazole rings is 1. The van der Waals surface area contributed by atoms with Crippen molar-refractivity contribution in [3.8, 4) is 0 Å². The number of hydrogen-bond acceptors (Lipinski definition) is 5. The highest BCUT2D eigenvalue weighted by Gasteiger charge is 2.27. The lowest BCUT2D eigenvalue weighted by atomic mass is 10.1. The summed E-state index contributed by atoms with van der Waals surface area (Å²) in [5.41, 5.74) is 2.41. The second kappa shape index (κ2) is 8.16. The average Bonchev–Trinajstić information content (AvgIpc) is 3.14. The van der Waals surface area contributed by atoms with Crippen LogP contribution in [0.15, 0.2) is 61.3 Å². The number of aromatic nitrogens is 4. The van der Waals surface area contributed by atoms with Crippen molar-refractivity contribution in [3.63, 3.8) is 0 Å². The molecule has 2 N–H and O–H groups in total. The Kier molecular flexibility index (Phi) is 5.48. The van der Waals surface area contributed by atoms with Gasteiger partial charge in [-0.1, -0.05) is 12.1 Å². The van der Waals surface area contributed by atoms with Crippen LogP contribution in [-0.2, 0) is 24.3 Å². The molecule has 128 valence electrons. The fraction of sp³-hybridized carbons (Fsp3) is 0.222. The van der Waals surface area contributed by atoms with Crippen LogP contribution in [0.4, 0.5) is 0 Å². The second-order valence-corrected chi connectivity index (χ2v) is 5.68. The zero-order valence-electron chi connectivity index (χ0n) is 13.6. The lowest BCUT2D eigenvalue weighted by Crippen LogP contribution is -2.42. The molecule has 0 aliphatic carbocycles. The SMILES string of the molecule is O=C(O)[C@H](Cc1cnc[nH]1)N(Cc1ccccn1)Cc1ccccn1. The van der Waals surface area contributed by atoms with Gasteiger partial charge in [0, 0.05) is 43.8 Å². The van der Waals surface area contributed by atoms with Crippen LogP contribution in [0, 0.1) is 0 Å². The van der Waals surface area contributed by atoms with E-state index in [2.05, 4.69) is 19.9 Å². The summed E-state index contributed by atoms with van der Waals surface area (Å²) in [5.74, 6) is -0.888. The molecule has 3 heterocycles. The van der Waals surface area contributed by atoms with Crippen LogP contribution >= 0.6 is 0 Å². The van der Waals surface area contributed by atoms with Crippen LogP contribution in [0.25, 0.3) is 0 Å². The molecule has 7 heteroatoms. The van der Waals surface area contributed by atoms with Crippen LogP contribution in [0.5, 0.6) is 0 Å². The minimum atomic E-state index is -0.888. The Balaban J connectivity index is 1.85. The van der Waals surface area contributed by atoms with Crippen molar-refractivity contribution < 1.29 is 9.90 Å². The summed E-state index contributed by atoms with van der Waals surface area (Å²) in [6, 6.07) is 10.5. The molecule has 3 rings (SSSR count). The lowest BCUT2D eigenvalue weighted by Gasteiger charge is -2.28. The minimum absolute atomic E-state index is 0.328. The van der Waals surface area contributed by atoms with Gasteiger partial charge in [-0.3, -0.25) is 19.7 Å². The largest absolute Gasteiger partial charge is 0.480 e. The summed E-state index contributed by atoms with van der Waals surface area (Å²) in [6.45, 7) is 0.838. The number of carboxylic acids is 1. The smallest absolute Gasteiger partial charge is 0.321 e. The second-order valence-electron chi connectivity index (χ2n) is 5.68. The van der Waals surface area contributed by atoms with Crippen molar-refractivity contribution in [2.24, 2.45) is 0 Å². The fourth-order valence-electron chi connectivity index (χ4n) is 2.65. The molecule has 0 amide bonds. The molecule has 0 radical (unpaired) electrons.